The molecule has 0 radical (unpaired) electrons. The van der Waals surface area contributed by atoms with Crippen LogP contribution in [0, 0.1) is 10.1 Å². The topological polar surface area (TPSA) is 91.6 Å². The van der Waals surface area contributed by atoms with E-state index < -0.39 is 10.9 Å². The minimum atomic E-state index is -0.598. The molecular weight excluding hydrogens is 451 g/mol. The lowest BCUT2D eigenvalue weighted by molar-refractivity contribution is -0.384. The van der Waals surface area contributed by atoms with Crippen LogP contribution in [0.15, 0.2) is 53.9 Å². The average molecular weight is 465 g/mol. The molecule has 0 bridgehead atoms. The van der Waals surface area contributed by atoms with Crippen LogP contribution in [0.5, 0.6) is 5.75 Å². The van der Waals surface area contributed by atoms with E-state index in [0.29, 0.717) is 22.0 Å². The highest BCUT2D eigenvalue weighted by Crippen LogP contribution is 2.25. The van der Waals surface area contributed by atoms with Crippen LogP contribution in [0.4, 0.5) is 5.69 Å². The molecule has 1 heterocycles. The number of hydrogen-bond acceptors (Lipinski definition) is 7. The van der Waals surface area contributed by atoms with Gasteiger partial charge in [-0.15, -0.1) is 11.3 Å². The number of carbonyl (C=O) groups is 1. The molecule has 0 N–H and O–H groups in total. The molecule has 3 rings (SSSR count). The summed E-state index contributed by atoms with van der Waals surface area (Å²) < 4.78 is 10.8. The van der Waals surface area contributed by atoms with Crippen molar-refractivity contribution in [2.45, 2.75) is 13.2 Å². The van der Waals surface area contributed by atoms with Crippen molar-refractivity contribution in [1.82, 2.24) is 4.98 Å². The Morgan fingerprint density at radius 3 is 2.67 bits per heavy atom. The van der Waals surface area contributed by atoms with Crippen LogP contribution < -0.4 is 4.74 Å². The Labute approximate surface area is 185 Å². The van der Waals surface area contributed by atoms with E-state index in [9.17, 15) is 14.9 Å². The minimum absolute atomic E-state index is 0.00137. The number of nitrogens with zero attached hydrogens (tertiary/aromatic N) is 2. The van der Waals surface area contributed by atoms with Crippen molar-refractivity contribution in [2.24, 2.45) is 0 Å². The smallest absolute Gasteiger partial charge is 0.331 e. The predicted molar refractivity (Wildman–Crippen MR) is 115 cm³/mol. The molecule has 1 aromatic heterocycles. The molecule has 0 saturated carbocycles. The van der Waals surface area contributed by atoms with E-state index in [4.69, 9.17) is 32.7 Å². The Balaban J connectivity index is 1.49. The number of ether oxygens (including phenoxy) is 2. The molecule has 0 aliphatic heterocycles. The van der Waals surface area contributed by atoms with Gasteiger partial charge in [-0.1, -0.05) is 29.3 Å². The lowest BCUT2D eigenvalue weighted by Gasteiger charge is -2.03. The van der Waals surface area contributed by atoms with Gasteiger partial charge in [-0.25, -0.2) is 9.78 Å². The molecule has 30 heavy (non-hydrogen) atoms. The van der Waals surface area contributed by atoms with Crippen LogP contribution in [0.25, 0.3) is 6.08 Å². The zero-order valence-electron chi connectivity index (χ0n) is 15.3. The summed E-state index contributed by atoms with van der Waals surface area (Å²) in [5.74, 6) is 0.0784. The summed E-state index contributed by atoms with van der Waals surface area (Å²) in [5, 5.41) is 14.1. The third kappa shape index (κ3) is 6.28. The molecule has 10 heteroatoms. The van der Waals surface area contributed by atoms with Gasteiger partial charge in [0.15, 0.2) is 0 Å². The van der Waals surface area contributed by atoms with Crippen molar-refractivity contribution in [3.05, 3.63) is 90.3 Å². The van der Waals surface area contributed by atoms with Crippen LogP contribution in [0.3, 0.4) is 0 Å². The molecule has 3 aromatic rings. The molecule has 0 spiro atoms. The normalized spacial score (nSPS) is 10.9. The lowest BCUT2D eigenvalue weighted by Crippen LogP contribution is -2.01. The first-order valence-electron chi connectivity index (χ1n) is 8.51. The Morgan fingerprint density at radius 2 is 1.93 bits per heavy atom. The van der Waals surface area contributed by atoms with Gasteiger partial charge >= 0.3 is 5.97 Å². The van der Waals surface area contributed by atoms with Crippen molar-refractivity contribution < 1.29 is 19.2 Å². The summed E-state index contributed by atoms with van der Waals surface area (Å²) in [4.78, 5) is 26.6. The summed E-state index contributed by atoms with van der Waals surface area (Å²) in [6, 6.07) is 11.2. The fraction of sp³-hybridized carbons (Fsp3) is 0.100. The van der Waals surface area contributed by atoms with Crippen LogP contribution in [0.2, 0.25) is 10.0 Å². The highest BCUT2D eigenvalue weighted by molar-refractivity contribution is 7.09. The number of hydrogen-bond donors (Lipinski definition) is 0. The number of rotatable bonds is 8. The molecule has 0 unspecified atom stereocenters. The number of aromatic nitrogens is 1. The quantitative estimate of drug-likeness (QED) is 0.184. The third-order valence-electron chi connectivity index (χ3n) is 3.72. The Hall–Kier alpha value is -2.94. The van der Waals surface area contributed by atoms with E-state index in [1.807, 2.05) is 0 Å². The summed E-state index contributed by atoms with van der Waals surface area (Å²) >= 11 is 13.0. The third-order valence-corrected chi connectivity index (χ3v) is 5.16. The summed E-state index contributed by atoms with van der Waals surface area (Å²) in [7, 11) is 0. The predicted octanol–water partition coefficient (Wildman–Crippen LogP) is 5.69. The monoisotopic (exact) mass is 464 g/mol. The van der Waals surface area contributed by atoms with Crippen LogP contribution in [-0.4, -0.2) is 15.9 Å². The standard InChI is InChI=1S/C20H14Cl2N2O5S/c21-14-3-5-16(6-4-14)28-11-19-23-15(12-30-19)10-29-20(25)8-2-13-1-7-17(22)18(9-13)24(26)27/h1-9,12H,10-11H2/b8-2+. The second kappa shape index (κ2) is 10.2. The van der Waals surface area contributed by atoms with Crippen LogP contribution in [0.1, 0.15) is 16.3 Å². The molecule has 0 aliphatic carbocycles. The summed E-state index contributed by atoms with van der Waals surface area (Å²) in [5.41, 5.74) is 0.819. The van der Waals surface area contributed by atoms with Crippen molar-refractivity contribution in [1.29, 1.82) is 0 Å². The molecular formula is C20H14Cl2N2O5S. The molecule has 0 fully saturated rings. The van der Waals surface area contributed by atoms with Gasteiger partial charge in [-0.3, -0.25) is 10.1 Å². The second-order valence-corrected chi connectivity index (χ2v) is 7.67. The SMILES string of the molecule is O=C(/C=C/c1ccc(Cl)c([N+](=O)[O-])c1)OCc1csc(COc2ccc(Cl)cc2)n1. The highest BCUT2D eigenvalue weighted by atomic mass is 35.5. The first kappa shape index (κ1) is 21.8. The highest BCUT2D eigenvalue weighted by Gasteiger charge is 2.12. The number of carbonyl (C=O) groups excluding carboxylic acids is 1. The number of nitro groups is 1. The van der Waals surface area contributed by atoms with E-state index in [2.05, 4.69) is 4.98 Å². The molecule has 2 aromatic carbocycles. The van der Waals surface area contributed by atoms with Gasteiger partial charge in [0, 0.05) is 22.5 Å². The average Bonchev–Trinajstić information content (AvgIpc) is 3.19. The number of nitro benzene ring substituents is 1. The Bertz CT molecular complexity index is 1080. The molecule has 0 atom stereocenters. The molecule has 0 saturated heterocycles. The van der Waals surface area contributed by atoms with Gasteiger partial charge in [-0.2, -0.15) is 0 Å². The zero-order valence-corrected chi connectivity index (χ0v) is 17.6. The van der Waals surface area contributed by atoms with E-state index >= 15 is 0 Å². The summed E-state index contributed by atoms with van der Waals surface area (Å²) in [6.45, 7) is 0.289. The zero-order chi connectivity index (χ0) is 21.5. The molecule has 0 amide bonds. The maximum Gasteiger partial charge on any atom is 0.331 e. The number of esters is 1. The van der Waals surface area contributed by atoms with E-state index in [1.165, 1.54) is 35.6 Å². The first-order valence-corrected chi connectivity index (χ1v) is 10.1. The first-order chi connectivity index (χ1) is 14.4. The van der Waals surface area contributed by atoms with Crippen LogP contribution in [-0.2, 0) is 22.7 Å². The minimum Gasteiger partial charge on any atom is -0.486 e. The molecule has 0 aliphatic rings. The number of halogens is 2. The largest absolute Gasteiger partial charge is 0.486 e. The fourth-order valence-electron chi connectivity index (χ4n) is 2.29. The van der Waals surface area contributed by atoms with Gasteiger partial charge < -0.3 is 9.47 Å². The summed E-state index contributed by atoms with van der Waals surface area (Å²) in [6.07, 6.45) is 2.60. The van der Waals surface area contributed by atoms with E-state index in [1.54, 1.807) is 35.7 Å². The van der Waals surface area contributed by atoms with E-state index in [0.717, 1.165) is 5.01 Å². The van der Waals surface area contributed by atoms with Crippen molar-refractivity contribution in [2.75, 3.05) is 0 Å². The van der Waals surface area contributed by atoms with E-state index in [-0.39, 0.29) is 23.9 Å². The number of thiazole rings is 1. The van der Waals surface area contributed by atoms with Gasteiger partial charge in [0.1, 0.15) is 29.0 Å². The van der Waals surface area contributed by atoms with Gasteiger partial charge in [-0.05, 0) is 42.0 Å². The fourth-order valence-corrected chi connectivity index (χ4v) is 3.29. The maximum atomic E-state index is 11.9. The number of benzene rings is 2. The van der Waals surface area contributed by atoms with Gasteiger partial charge in [0.05, 0.1) is 10.6 Å². The Morgan fingerprint density at radius 1 is 1.17 bits per heavy atom. The van der Waals surface area contributed by atoms with Crippen molar-refractivity contribution in [3.63, 3.8) is 0 Å². The lowest BCUT2D eigenvalue weighted by atomic mass is 10.2. The Kier molecular flexibility index (Phi) is 7.40. The van der Waals surface area contributed by atoms with Crippen molar-refractivity contribution in [3.8, 4) is 5.75 Å². The second-order valence-electron chi connectivity index (χ2n) is 5.88. The van der Waals surface area contributed by atoms with Gasteiger partial charge in [0.25, 0.3) is 5.69 Å². The maximum absolute atomic E-state index is 11.9. The van der Waals surface area contributed by atoms with Crippen LogP contribution >= 0.6 is 34.5 Å². The van der Waals surface area contributed by atoms with Gasteiger partial charge in [0.2, 0.25) is 0 Å². The van der Waals surface area contributed by atoms with Crippen molar-refractivity contribution >= 4 is 52.3 Å². The molecule has 7 nitrogen and oxygen atoms in total. The molecule has 154 valence electrons.